The standard InChI is InChI=1S/C13H22ClN3O/c1-5-17(10(2)9-18-4)8-12-11(14)6-7-13(15-3)16-12/h6-7,10H,5,8-9H2,1-4H3,(H,15,16). The second kappa shape index (κ2) is 7.56. The molecule has 0 radical (unpaired) electrons. The average Bonchev–Trinajstić information content (AvgIpc) is 2.38. The van der Waals surface area contributed by atoms with Crippen molar-refractivity contribution < 1.29 is 4.74 Å². The summed E-state index contributed by atoms with van der Waals surface area (Å²) >= 11 is 6.19. The maximum Gasteiger partial charge on any atom is 0.126 e. The van der Waals surface area contributed by atoms with Crippen LogP contribution in [0.3, 0.4) is 0 Å². The Labute approximate surface area is 114 Å². The van der Waals surface area contributed by atoms with E-state index in [0.717, 1.165) is 24.6 Å². The summed E-state index contributed by atoms with van der Waals surface area (Å²) in [5.74, 6) is 0.838. The molecule has 1 unspecified atom stereocenters. The van der Waals surface area contributed by atoms with Crippen LogP contribution < -0.4 is 5.32 Å². The van der Waals surface area contributed by atoms with Gasteiger partial charge in [0.05, 0.1) is 17.3 Å². The molecular formula is C13H22ClN3O. The molecule has 1 atom stereocenters. The van der Waals surface area contributed by atoms with Crippen LogP contribution >= 0.6 is 11.6 Å². The minimum atomic E-state index is 0.344. The molecule has 0 aliphatic carbocycles. The fourth-order valence-electron chi connectivity index (χ4n) is 1.85. The van der Waals surface area contributed by atoms with Gasteiger partial charge in [0.15, 0.2) is 0 Å². The van der Waals surface area contributed by atoms with Crippen molar-refractivity contribution in [3.63, 3.8) is 0 Å². The first kappa shape index (κ1) is 15.2. The Kier molecular flexibility index (Phi) is 6.39. The van der Waals surface area contributed by atoms with Gasteiger partial charge in [-0.1, -0.05) is 18.5 Å². The molecule has 0 saturated carbocycles. The highest BCUT2D eigenvalue weighted by Gasteiger charge is 2.15. The van der Waals surface area contributed by atoms with Crippen molar-refractivity contribution in [1.29, 1.82) is 0 Å². The van der Waals surface area contributed by atoms with E-state index in [1.54, 1.807) is 7.11 Å². The van der Waals surface area contributed by atoms with Gasteiger partial charge in [-0.05, 0) is 25.6 Å². The van der Waals surface area contributed by atoms with E-state index in [1.807, 2.05) is 19.2 Å². The summed E-state index contributed by atoms with van der Waals surface area (Å²) in [6.07, 6.45) is 0. The second-order valence-electron chi connectivity index (χ2n) is 4.24. The third-order valence-corrected chi connectivity index (χ3v) is 3.31. The molecule has 0 aromatic carbocycles. The summed E-state index contributed by atoms with van der Waals surface area (Å²) in [6, 6.07) is 4.10. The number of nitrogens with one attached hydrogen (secondary N) is 1. The number of anilines is 1. The van der Waals surface area contributed by atoms with Crippen molar-refractivity contribution in [3.05, 3.63) is 22.8 Å². The van der Waals surface area contributed by atoms with E-state index >= 15 is 0 Å². The third-order valence-electron chi connectivity index (χ3n) is 2.97. The fraction of sp³-hybridized carbons (Fsp3) is 0.615. The molecule has 4 nitrogen and oxygen atoms in total. The molecule has 0 spiro atoms. The Morgan fingerprint density at radius 2 is 2.22 bits per heavy atom. The van der Waals surface area contributed by atoms with Gasteiger partial charge in [0.2, 0.25) is 0 Å². The van der Waals surface area contributed by atoms with Gasteiger partial charge in [0, 0.05) is 26.7 Å². The van der Waals surface area contributed by atoms with Gasteiger partial charge in [-0.3, -0.25) is 4.90 Å². The molecule has 5 heteroatoms. The largest absolute Gasteiger partial charge is 0.383 e. The number of nitrogens with zero attached hydrogens (tertiary/aromatic N) is 2. The number of aromatic nitrogens is 1. The van der Waals surface area contributed by atoms with E-state index in [-0.39, 0.29) is 0 Å². The highest BCUT2D eigenvalue weighted by Crippen LogP contribution is 2.19. The van der Waals surface area contributed by atoms with Gasteiger partial charge in [0.1, 0.15) is 5.82 Å². The zero-order valence-corrected chi connectivity index (χ0v) is 12.3. The molecule has 18 heavy (non-hydrogen) atoms. The lowest BCUT2D eigenvalue weighted by atomic mass is 10.2. The van der Waals surface area contributed by atoms with Crippen LogP contribution in [0.2, 0.25) is 5.02 Å². The molecule has 1 rings (SSSR count). The Morgan fingerprint density at radius 1 is 1.50 bits per heavy atom. The predicted molar refractivity (Wildman–Crippen MR) is 76.2 cm³/mol. The smallest absolute Gasteiger partial charge is 0.126 e. The summed E-state index contributed by atoms with van der Waals surface area (Å²) in [7, 11) is 3.57. The average molecular weight is 272 g/mol. The molecule has 102 valence electrons. The van der Waals surface area contributed by atoms with Crippen molar-refractivity contribution >= 4 is 17.4 Å². The van der Waals surface area contributed by atoms with Gasteiger partial charge in [-0.15, -0.1) is 0 Å². The number of pyridine rings is 1. The number of hydrogen-bond acceptors (Lipinski definition) is 4. The first-order valence-corrected chi connectivity index (χ1v) is 6.56. The van der Waals surface area contributed by atoms with Crippen LogP contribution in [0.5, 0.6) is 0 Å². The highest BCUT2D eigenvalue weighted by molar-refractivity contribution is 6.31. The monoisotopic (exact) mass is 271 g/mol. The van der Waals surface area contributed by atoms with Gasteiger partial charge in [-0.2, -0.15) is 0 Å². The lowest BCUT2D eigenvalue weighted by Crippen LogP contribution is -2.35. The minimum Gasteiger partial charge on any atom is -0.383 e. The van der Waals surface area contributed by atoms with Crippen molar-refractivity contribution in [1.82, 2.24) is 9.88 Å². The molecule has 0 fully saturated rings. The molecule has 1 aromatic rings. The SMILES string of the molecule is CCN(Cc1nc(NC)ccc1Cl)C(C)COC. The molecule has 1 N–H and O–H groups in total. The summed E-state index contributed by atoms with van der Waals surface area (Å²) in [4.78, 5) is 6.78. The van der Waals surface area contributed by atoms with Crippen LogP contribution in [0, 0.1) is 0 Å². The number of hydrogen-bond donors (Lipinski definition) is 1. The Balaban J connectivity index is 2.80. The fourth-order valence-corrected chi connectivity index (χ4v) is 2.02. The highest BCUT2D eigenvalue weighted by atomic mass is 35.5. The molecule has 0 bridgehead atoms. The van der Waals surface area contributed by atoms with Crippen LogP contribution in [0.15, 0.2) is 12.1 Å². The zero-order valence-electron chi connectivity index (χ0n) is 11.5. The van der Waals surface area contributed by atoms with Crippen LogP contribution in [0.4, 0.5) is 5.82 Å². The Morgan fingerprint density at radius 3 is 2.78 bits per heavy atom. The van der Waals surface area contributed by atoms with Gasteiger partial charge in [-0.25, -0.2) is 4.98 Å². The molecule has 1 aromatic heterocycles. The lowest BCUT2D eigenvalue weighted by Gasteiger charge is -2.27. The summed E-state index contributed by atoms with van der Waals surface area (Å²) in [5, 5.41) is 3.73. The topological polar surface area (TPSA) is 37.4 Å². The molecule has 1 heterocycles. The summed E-state index contributed by atoms with van der Waals surface area (Å²) in [6.45, 7) is 6.64. The van der Waals surface area contributed by atoms with Crippen LogP contribution in [0.25, 0.3) is 0 Å². The minimum absolute atomic E-state index is 0.344. The summed E-state index contributed by atoms with van der Waals surface area (Å²) < 4.78 is 5.19. The van der Waals surface area contributed by atoms with Crippen LogP contribution in [-0.2, 0) is 11.3 Å². The van der Waals surface area contributed by atoms with Crippen LogP contribution in [0.1, 0.15) is 19.5 Å². The van der Waals surface area contributed by atoms with Gasteiger partial charge >= 0.3 is 0 Å². The lowest BCUT2D eigenvalue weighted by molar-refractivity contribution is 0.0974. The molecule has 0 amide bonds. The van der Waals surface area contributed by atoms with Crippen molar-refractivity contribution in [3.8, 4) is 0 Å². The maximum atomic E-state index is 6.19. The quantitative estimate of drug-likeness (QED) is 0.827. The number of halogens is 1. The van der Waals surface area contributed by atoms with E-state index < -0.39 is 0 Å². The number of rotatable bonds is 7. The van der Waals surface area contributed by atoms with E-state index in [4.69, 9.17) is 16.3 Å². The Hall–Kier alpha value is -0.840. The van der Waals surface area contributed by atoms with Crippen molar-refractivity contribution in [2.75, 3.05) is 32.6 Å². The second-order valence-corrected chi connectivity index (χ2v) is 4.65. The summed E-state index contributed by atoms with van der Waals surface area (Å²) in [5.41, 5.74) is 0.897. The maximum absolute atomic E-state index is 6.19. The zero-order chi connectivity index (χ0) is 13.5. The van der Waals surface area contributed by atoms with E-state index in [9.17, 15) is 0 Å². The third kappa shape index (κ3) is 4.12. The van der Waals surface area contributed by atoms with E-state index in [0.29, 0.717) is 17.7 Å². The first-order chi connectivity index (χ1) is 8.62. The first-order valence-electron chi connectivity index (χ1n) is 6.18. The molecular weight excluding hydrogens is 250 g/mol. The molecule has 0 aliphatic rings. The number of methoxy groups -OCH3 is 1. The van der Waals surface area contributed by atoms with Crippen LogP contribution in [-0.4, -0.2) is 43.2 Å². The van der Waals surface area contributed by atoms with E-state index in [2.05, 4.69) is 29.0 Å². The molecule has 0 aliphatic heterocycles. The normalized spacial score (nSPS) is 12.8. The van der Waals surface area contributed by atoms with Gasteiger partial charge < -0.3 is 10.1 Å². The number of likely N-dealkylation sites (N-methyl/N-ethyl adjacent to an activating group) is 1. The van der Waals surface area contributed by atoms with Crippen molar-refractivity contribution in [2.24, 2.45) is 0 Å². The predicted octanol–water partition coefficient (Wildman–Crippen LogP) is 2.63. The molecule has 0 saturated heterocycles. The van der Waals surface area contributed by atoms with Crippen molar-refractivity contribution in [2.45, 2.75) is 26.4 Å². The van der Waals surface area contributed by atoms with Gasteiger partial charge in [0.25, 0.3) is 0 Å². The van der Waals surface area contributed by atoms with E-state index in [1.165, 1.54) is 0 Å². The Bertz CT molecular complexity index is 373. The number of ether oxygens (including phenoxy) is 1.